The number of carbonyl (C=O) groups excluding carboxylic acids is 1. The summed E-state index contributed by atoms with van der Waals surface area (Å²) < 4.78 is 4.88. The Balaban J connectivity index is 1.90. The summed E-state index contributed by atoms with van der Waals surface area (Å²) in [6.07, 6.45) is 1.39. The van der Waals surface area contributed by atoms with Gasteiger partial charge in [0.05, 0.1) is 18.7 Å². The molecule has 2 aromatic rings. The largest absolute Gasteiger partial charge is 0.466 e. The number of benzene rings is 1. The molecule has 1 aromatic heterocycles. The highest BCUT2D eigenvalue weighted by atomic mass is 32.1. The minimum absolute atomic E-state index is 0.183. The van der Waals surface area contributed by atoms with Crippen LogP contribution in [0, 0.1) is 0 Å². The fraction of sp³-hybridized carbons (Fsp3) is 0.375. The number of aromatic nitrogens is 1. The third-order valence-electron chi connectivity index (χ3n) is 3.07. The molecule has 0 spiro atoms. The Labute approximate surface area is 129 Å². The highest BCUT2D eigenvalue weighted by molar-refractivity contribution is 7.14. The van der Waals surface area contributed by atoms with Crippen molar-refractivity contribution in [3.63, 3.8) is 0 Å². The van der Waals surface area contributed by atoms with Crippen LogP contribution in [0.1, 0.15) is 25.8 Å². The van der Waals surface area contributed by atoms with Gasteiger partial charge < -0.3 is 10.1 Å². The highest BCUT2D eigenvalue weighted by Gasteiger charge is 2.06. The van der Waals surface area contributed by atoms with Gasteiger partial charge in [-0.05, 0) is 18.9 Å². The standard InChI is InChI=1S/C16H20N2O2S/c1-3-12-5-7-13(8-6-12)14-11-21-16(18-14)17-10-9-15(19)20-4-2/h5-8,11H,3-4,9-10H2,1-2H3,(H,17,18). The van der Waals surface area contributed by atoms with Gasteiger partial charge in [-0.1, -0.05) is 31.2 Å². The first-order chi connectivity index (χ1) is 10.2. The maximum absolute atomic E-state index is 11.2. The van der Waals surface area contributed by atoms with E-state index in [1.165, 1.54) is 5.56 Å². The van der Waals surface area contributed by atoms with Crippen molar-refractivity contribution in [3.05, 3.63) is 35.2 Å². The summed E-state index contributed by atoms with van der Waals surface area (Å²) in [5.74, 6) is -0.183. The first-order valence-electron chi connectivity index (χ1n) is 7.17. The second kappa shape index (κ2) is 7.78. The van der Waals surface area contributed by atoms with Crippen molar-refractivity contribution in [3.8, 4) is 11.3 Å². The maximum Gasteiger partial charge on any atom is 0.307 e. The molecule has 0 unspecified atom stereocenters. The van der Waals surface area contributed by atoms with Gasteiger partial charge in [0.1, 0.15) is 0 Å². The second-order valence-corrected chi connectivity index (χ2v) is 5.43. The summed E-state index contributed by atoms with van der Waals surface area (Å²) in [5, 5.41) is 6.00. The molecule has 0 fully saturated rings. The molecule has 0 aliphatic rings. The van der Waals surface area contributed by atoms with Gasteiger partial charge in [0.2, 0.25) is 0 Å². The first-order valence-corrected chi connectivity index (χ1v) is 8.05. The van der Waals surface area contributed by atoms with E-state index in [2.05, 4.69) is 41.5 Å². The number of carbonyl (C=O) groups is 1. The Bertz CT molecular complexity index is 578. The number of anilines is 1. The van der Waals surface area contributed by atoms with E-state index in [4.69, 9.17) is 4.74 Å². The van der Waals surface area contributed by atoms with Crippen molar-refractivity contribution in [2.75, 3.05) is 18.5 Å². The van der Waals surface area contributed by atoms with Crippen molar-refractivity contribution in [1.82, 2.24) is 4.98 Å². The van der Waals surface area contributed by atoms with Gasteiger partial charge in [-0.2, -0.15) is 0 Å². The van der Waals surface area contributed by atoms with Crippen molar-refractivity contribution in [1.29, 1.82) is 0 Å². The lowest BCUT2D eigenvalue weighted by atomic mass is 10.1. The number of ether oxygens (including phenoxy) is 1. The number of nitrogens with zero attached hydrogens (tertiary/aromatic N) is 1. The summed E-state index contributed by atoms with van der Waals surface area (Å²) in [7, 11) is 0. The molecule has 112 valence electrons. The highest BCUT2D eigenvalue weighted by Crippen LogP contribution is 2.25. The second-order valence-electron chi connectivity index (χ2n) is 4.57. The zero-order valence-electron chi connectivity index (χ0n) is 12.4. The van der Waals surface area contributed by atoms with Crippen LogP contribution in [-0.4, -0.2) is 24.1 Å². The monoisotopic (exact) mass is 304 g/mol. The molecule has 0 saturated heterocycles. The Morgan fingerprint density at radius 3 is 2.71 bits per heavy atom. The molecular weight excluding hydrogens is 284 g/mol. The molecule has 0 atom stereocenters. The quantitative estimate of drug-likeness (QED) is 0.792. The zero-order chi connectivity index (χ0) is 15.1. The third kappa shape index (κ3) is 4.56. The van der Waals surface area contributed by atoms with Gasteiger partial charge in [0.25, 0.3) is 0 Å². The van der Waals surface area contributed by atoms with E-state index >= 15 is 0 Å². The van der Waals surface area contributed by atoms with Crippen LogP contribution >= 0.6 is 11.3 Å². The molecule has 2 rings (SSSR count). The van der Waals surface area contributed by atoms with E-state index < -0.39 is 0 Å². The zero-order valence-corrected chi connectivity index (χ0v) is 13.2. The molecule has 0 aliphatic carbocycles. The van der Waals surface area contributed by atoms with Gasteiger partial charge in [0.15, 0.2) is 5.13 Å². The van der Waals surface area contributed by atoms with Crippen LogP contribution in [0.5, 0.6) is 0 Å². The van der Waals surface area contributed by atoms with Gasteiger partial charge >= 0.3 is 5.97 Å². The molecule has 0 aliphatic heterocycles. The first kappa shape index (κ1) is 15.5. The summed E-state index contributed by atoms with van der Waals surface area (Å²) in [6, 6.07) is 8.44. The van der Waals surface area contributed by atoms with Crippen molar-refractivity contribution >= 4 is 22.4 Å². The molecule has 0 radical (unpaired) electrons. The third-order valence-corrected chi connectivity index (χ3v) is 3.87. The summed E-state index contributed by atoms with van der Waals surface area (Å²) in [5.41, 5.74) is 3.39. The predicted molar refractivity (Wildman–Crippen MR) is 86.7 cm³/mol. The average Bonchev–Trinajstić information content (AvgIpc) is 2.96. The van der Waals surface area contributed by atoms with Crippen LogP contribution in [0.15, 0.2) is 29.6 Å². The van der Waals surface area contributed by atoms with Crippen molar-refractivity contribution in [2.24, 2.45) is 0 Å². The Kier molecular flexibility index (Phi) is 5.75. The molecule has 0 saturated carbocycles. The molecule has 5 heteroatoms. The molecule has 4 nitrogen and oxygen atoms in total. The van der Waals surface area contributed by atoms with E-state index in [0.717, 1.165) is 22.8 Å². The summed E-state index contributed by atoms with van der Waals surface area (Å²) in [6.45, 7) is 4.92. The lowest BCUT2D eigenvalue weighted by Gasteiger charge is -2.02. The number of aryl methyl sites for hydroxylation is 1. The van der Waals surface area contributed by atoms with Crippen LogP contribution in [0.25, 0.3) is 11.3 Å². The summed E-state index contributed by atoms with van der Waals surface area (Å²) in [4.78, 5) is 15.8. The van der Waals surface area contributed by atoms with E-state index in [-0.39, 0.29) is 5.97 Å². The predicted octanol–water partition coefficient (Wildman–Crippen LogP) is 3.74. The number of hydrogen-bond donors (Lipinski definition) is 1. The van der Waals surface area contributed by atoms with Crippen LogP contribution in [-0.2, 0) is 16.0 Å². The number of esters is 1. The van der Waals surface area contributed by atoms with E-state index in [1.807, 2.05) is 12.3 Å². The van der Waals surface area contributed by atoms with Gasteiger partial charge in [0, 0.05) is 17.5 Å². The fourth-order valence-corrected chi connectivity index (χ4v) is 2.65. The molecule has 1 heterocycles. The summed E-state index contributed by atoms with van der Waals surface area (Å²) >= 11 is 1.55. The van der Waals surface area contributed by atoms with Crippen molar-refractivity contribution < 1.29 is 9.53 Å². The number of rotatable bonds is 7. The van der Waals surface area contributed by atoms with Crippen LogP contribution in [0.3, 0.4) is 0 Å². The lowest BCUT2D eigenvalue weighted by molar-refractivity contribution is -0.142. The molecule has 0 bridgehead atoms. The van der Waals surface area contributed by atoms with Crippen LogP contribution in [0.2, 0.25) is 0 Å². The number of hydrogen-bond acceptors (Lipinski definition) is 5. The van der Waals surface area contributed by atoms with Gasteiger partial charge in [-0.15, -0.1) is 11.3 Å². The SMILES string of the molecule is CCOC(=O)CCNc1nc(-c2ccc(CC)cc2)cs1. The minimum atomic E-state index is -0.183. The average molecular weight is 304 g/mol. The van der Waals surface area contributed by atoms with Gasteiger partial charge in [-0.3, -0.25) is 4.79 Å². The molecule has 21 heavy (non-hydrogen) atoms. The molecule has 0 amide bonds. The smallest absolute Gasteiger partial charge is 0.307 e. The topological polar surface area (TPSA) is 51.2 Å². The van der Waals surface area contributed by atoms with E-state index in [9.17, 15) is 4.79 Å². The maximum atomic E-state index is 11.2. The van der Waals surface area contributed by atoms with Crippen LogP contribution < -0.4 is 5.32 Å². The number of nitrogens with one attached hydrogen (secondary N) is 1. The van der Waals surface area contributed by atoms with Crippen LogP contribution in [0.4, 0.5) is 5.13 Å². The Morgan fingerprint density at radius 1 is 1.29 bits per heavy atom. The lowest BCUT2D eigenvalue weighted by Crippen LogP contribution is -2.11. The number of thiazole rings is 1. The Morgan fingerprint density at radius 2 is 2.05 bits per heavy atom. The Hall–Kier alpha value is -1.88. The van der Waals surface area contributed by atoms with Gasteiger partial charge in [-0.25, -0.2) is 4.98 Å². The normalized spacial score (nSPS) is 10.4. The van der Waals surface area contributed by atoms with E-state index in [1.54, 1.807) is 11.3 Å². The van der Waals surface area contributed by atoms with Crippen molar-refractivity contribution in [2.45, 2.75) is 26.7 Å². The molecule has 1 aromatic carbocycles. The fourth-order valence-electron chi connectivity index (χ4n) is 1.90. The van der Waals surface area contributed by atoms with E-state index in [0.29, 0.717) is 19.6 Å². The minimum Gasteiger partial charge on any atom is -0.466 e. The molecular formula is C16H20N2O2S. The molecule has 1 N–H and O–H groups in total.